The van der Waals surface area contributed by atoms with E-state index in [1.807, 2.05) is 0 Å². The Bertz CT molecular complexity index is 218. The highest BCUT2D eigenvalue weighted by molar-refractivity contribution is 4.83. The second kappa shape index (κ2) is 10.7. The van der Waals surface area contributed by atoms with Crippen LogP contribution in [0.15, 0.2) is 0 Å². The Balaban J connectivity index is 2.42. The van der Waals surface area contributed by atoms with Gasteiger partial charge in [-0.15, -0.1) is 0 Å². The predicted molar refractivity (Wildman–Crippen MR) is 91.1 cm³/mol. The Labute approximate surface area is 128 Å². The summed E-state index contributed by atoms with van der Waals surface area (Å²) in [5.74, 6) is 2.88. The van der Waals surface area contributed by atoms with Gasteiger partial charge in [-0.3, -0.25) is 0 Å². The summed E-state index contributed by atoms with van der Waals surface area (Å²) in [5.41, 5.74) is 0. The molecule has 2 atom stereocenters. The number of hydrogen-bond donors (Lipinski definition) is 1. The molecule has 1 saturated carbocycles. The summed E-state index contributed by atoms with van der Waals surface area (Å²) in [7, 11) is 0. The molecule has 1 N–H and O–H groups in total. The van der Waals surface area contributed by atoms with E-state index >= 15 is 0 Å². The minimum atomic E-state index is 0.791. The zero-order valence-electron chi connectivity index (χ0n) is 14.6. The lowest BCUT2D eigenvalue weighted by Gasteiger charge is -2.35. The Morgan fingerprint density at radius 3 is 2.20 bits per heavy atom. The maximum atomic E-state index is 3.88. The van der Waals surface area contributed by atoms with Crippen molar-refractivity contribution in [2.45, 2.75) is 97.9 Å². The summed E-state index contributed by atoms with van der Waals surface area (Å²) in [4.78, 5) is 0. The van der Waals surface area contributed by atoms with E-state index in [0.717, 1.165) is 23.8 Å². The van der Waals surface area contributed by atoms with Crippen molar-refractivity contribution in [3.05, 3.63) is 0 Å². The highest BCUT2D eigenvalue weighted by Gasteiger charge is 2.27. The molecule has 1 aliphatic rings. The summed E-state index contributed by atoms with van der Waals surface area (Å²) < 4.78 is 0. The fourth-order valence-corrected chi connectivity index (χ4v) is 4.10. The Morgan fingerprint density at radius 2 is 1.65 bits per heavy atom. The summed E-state index contributed by atoms with van der Waals surface area (Å²) in [6.07, 6.45) is 14.2. The van der Waals surface area contributed by atoms with E-state index < -0.39 is 0 Å². The van der Waals surface area contributed by atoms with Crippen molar-refractivity contribution < 1.29 is 0 Å². The van der Waals surface area contributed by atoms with Crippen molar-refractivity contribution >= 4 is 0 Å². The lowest BCUT2D eigenvalue weighted by Crippen LogP contribution is -2.39. The fraction of sp³-hybridized carbons (Fsp3) is 1.00. The first kappa shape index (κ1) is 18.0. The van der Waals surface area contributed by atoms with Gasteiger partial charge < -0.3 is 5.32 Å². The molecule has 0 aromatic rings. The van der Waals surface area contributed by atoms with Crippen LogP contribution in [0.25, 0.3) is 0 Å². The third-order valence-electron chi connectivity index (χ3n) is 5.25. The average molecular weight is 282 g/mol. The third kappa shape index (κ3) is 6.61. The highest BCUT2D eigenvalue weighted by Crippen LogP contribution is 2.35. The van der Waals surface area contributed by atoms with E-state index in [0.29, 0.717) is 0 Å². The minimum Gasteiger partial charge on any atom is -0.314 e. The summed E-state index contributed by atoms with van der Waals surface area (Å²) in [5, 5.41) is 3.88. The molecule has 1 aliphatic carbocycles. The van der Waals surface area contributed by atoms with Crippen LogP contribution < -0.4 is 5.32 Å². The zero-order chi connectivity index (χ0) is 14.8. The largest absolute Gasteiger partial charge is 0.314 e. The van der Waals surface area contributed by atoms with Gasteiger partial charge >= 0.3 is 0 Å². The fourth-order valence-electron chi connectivity index (χ4n) is 4.10. The molecule has 1 heteroatoms. The number of nitrogens with one attached hydrogen (secondary N) is 1. The quantitative estimate of drug-likeness (QED) is 0.534. The molecule has 20 heavy (non-hydrogen) atoms. The van der Waals surface area contributed by atoms with Crippen LogP contribution >= 0.6 is 0 Å². The molecule has 0 aromatic heterocycles. The Hall–Kier alpha value is -0.0400. The second-order valence-corrected chi connectivity index (χ2v) is 7.26. The monoisotopic (exact) mass is 281 g/mol. The molecule has 1 nitrogen and oxygen atoms in total. The van der Waals surface area contributed by atoms with Gasteiger partial charge in [0.15, 0.2) is 0 Å². The van der Waals surface area contributed by atoms with Gasteiger partial charge in [-0.05, 0) is 50.0 Å². The van der Waals surface area contributed by atoms with Crippen LogP contribution in [-0.2, 0) is 0 Å². The third-order valence-corrected chi connectivity index (χ3v) is 5.25. The van der Waals surface area contributed by atoms with E-state index in [1.165, 1.54) is 70.8 Å². The molecule has 1 rings (SSSR count). The van der Waals surface area contributed by atoms with E-state index in [9.17, 15) is 0 Å². The first-order valence-corrected chi connectivity index (χ1v) is 9.44. The van der Waals surface area contributed by atoms with Crippen LogP contribution in [0.5, 0.6) is 0 Å². The Kier molecular flexibility index (Phi) is 9.59. The molecule has 1 fully saturated rings. The Morgan fingerprint density at radius 1 is 0.950 bits per heavy atom. The van der Waals surface area contributed by atoms with Gasteiger partial charge in [0.1, 0.15) is 0 Å². The van der Waals surface area contributed by atoms with Gasteiger partial charge in [-0.25, -0.2) is 0 Å². The van der Waals surface area contributed by atoms with Crippen molar-refractivity contribution in [2.24, 2.45) is 17.8 Å². The first-order valence-electron chi connectivity index (χ1n) is 9.44. The molecule has 2 unspecified atom stereocenters. The van der Waals surface area contributed by atoms with Gasteiger partial charge in [0.2, 0.25) is 0 Å². The second-order valence-electron chi connectivity index (χ2n) is 7.26. The van der Waals surface area contributed by atoms with E-state index in [4.69, 9.17) is 0 Å². The molecule has 0 bridgehead atoms. The average Bonchev–Trinajstić information content (AvgIpc) is 2.45. The number of hydrogen-bond acceptors (Lipinski definition) is 1. The van der Waals surface area contributed by atoms with E-state index in [-0.39, 0.29) is 0 Å². The molecule has 0 saturated heterocycles. The maximum Gasteiger partial charge on any atom is 0.00978 e. The van der Waals surface area contributed by atoms with Gasteiger partial charge in [0.05, 0.1) is 0 Å². The van der Waals surface area contributed by atoms with Crippen molar-refractivity contribution in [1.29, 1.82) is 0 Å². The smallest absolute Gasteiger partial charge is 0.00978 e. The van der Waals surface area contributed by atoms with Crippen LogP contribution in [-0.4, -0.2) is 12.6 Å². The van der Waals surface area contributed by atoms with Gasteiger partial charge in [-0.1, -0.05) is 66.2 Å². The standard InChI is InChI=1S/C19H39N/c1-5-8-16(4)15-19(20-14-7-3)18-12-10-17(9-6-2)11-13-18/h16-20H,5-15H2,1-4H3. The van der Waals surface area contributed by atoms with Crippen molar-refractivity contribution in [2.75, 3.05) is 6.54 Å². The van der Waals surface area contributed by atoms with Crippen LogP contribution in [0.2, 0.25) is 0 Å². The van der Waals surface area contributed by atoms with Crippen LogP contribution in [0, 0.1) is 17.8 Å². The topological polar surface area (TPSA) is 12.0 Å². The molecule has 0 aliphatic heterocycles. The van der Waals surface area contributed by atoms with Crippen LogP contribution in [0.1, 0.15) is 91.9 Å². The van der Waals surface area contributed by atoms with E-state index in [1.54, 1.807) is 0 Å². The van der Waals surface area contributed by atoms with Crippen LogP contribution in [0.4, 0.5) is 0 Å². The van der Waals surface area contributed by atoms with Crippen molar-refractivity contribution in [3.63, 3.8) is 0 Å². The summed E-state index contributed by atoms with van der Waals surface area (Å²) in [6.45, 7) is 10.6. The molecule has 0 heterocycles. The van der Waals surface area contributed by atoms with Gasteiger partial charge in [0.25, 0.3) is 0 Å². The van der Waals surface area contributed by atoms with E-state index in [2.05, 4.69) is 33.0 Å². The van der Waals surface area contributed by atoms with Gasteiger partial charge in [-0.2, -0.15) is 0 Å². The minimum absolute atomic E-state index is 0.791. The molecular formula is C19H39N. The van der Waals surface area contributed by atoms with Gasteiger partial charge in [0, 0.05) is 6.04 Å². The lowest BCUT2D eigenvalue weighted by molar-refractivity contribution is 0.193. The maximum absolute atomic E-state index is 3.88. The summed E-state index contributed by atoms with van der Waals surface area (Å²) >= 11 is 0. The molecule has 0 spiro atoms. The van der Waals surface area contributed by atoms with Crippen molar-refractivity contribution in [1.82, 2.24) is 5.32 Å². The van der Waals surface area contributed by atoms with Crippen molar-refractivity contribution in [3.8, 4) is 0 Å². The lowest BCUT2D eigenvalue weighted by atomic mass is 9.75. The molecule has 0 amide bonds. The normalized spacial score (nSPS) is 26.4. The molecule has 120 valence electrons. The zero-order valence-corrected chi connectivity index (χ0v) is 14.6. The highest BCUT2D eigenvalue weighted by atomic mass is 14.9. The first-order chi connectivity index (χ1) is 9.71. The SMILES string of the molecule is CCCNC(CC(C)CCC)C1CCC(CCC)CC1. The molecule has 0 aromatic carbocycles. The molecule has 0 radical (unpaired) electrons. The summed E-state index contributed by atoms with van der Waals surface area (Å²) in [6, 6.07) is 0.791. The molecular weight excluding hydrogens is 242 g/mol. The van der Waals surface area contributed by atoms with Crippen LogP contribution in [0.3, 0.4) is 0 Å². The predicted octanol–water partition coefficient (Wildman–Crippen LogP) is 5.79. The number of rotatable bonds is 10.